The van der Waals surface area contributed by atoms with Gasteiger partial charge in [-0.2, -0.15) is 0 Å². The van der Waals surface area contributed by atoms with Crippen LogP contribution >= 0.6 is 0 Å². The van der Waals surface area contributed by atoms with Gasteiger partial charge in [-0.1, -0.05) is 43.7 Å². The topological polar surface area (TPSA) is 23.5 Å². The van der Waals surface area contributed by atoms with Gasteiger partial charge in [0, 0.05) is 13.1 Å². The molecule has 1 fully saturated rings. The van der Waals surface area contributed by atoms with Crippen molar-refractivity contribution in [2.45, 2.75) is 19.4 Å². The second-order valence-corrected chi connectivity index (χ2v) is 4.34. The molecule has 0 radical (unpaired) electrons. The van der Waals surface area contributed by atoms with E-state index >= 15 is 0 Å². The lowest BCUT2D eigenvalue weighted by molar-refractivity contribution is 0.0217. The molecule has 82 valence electrons. The first-order chi connectivity index (χ1) is 7.35. The highest BCUT2D eigenvalue weighted by atomic mass is 16.3. The Bertz CT molecular complexity index is 293. The Kier molecular flexibility index (Phi) is 3.39. The van der Waals surface area contributed by atoms with Gasteiger partial charge in [0.2, 0.25) is 0 Å². The van der Waals surface area contributed by atoms with Gasteiger partial charge in [-0.3, -0.25) is 4.90 Å². The fraction of sp³-hybridized carbons (Fsp3) is 0.538. The van der Waals surface area contributed by atoms with Crippen LogP contribution < -0.4 is 0 Å². The Morgan fingerprint density at radius 1 is 1.33 bits per heavy atom. The van der Waals surface area contributed by atoms with E-state index in [1.807, 2.05) is 18.2 Å². The van der Waals surface area contributed by atoms with Crippen molar-refractivity contribution in [3.63, 3.8) is 0 Å². The molecule has 0 aliphatic carbocycles. The largest absolute Gasteiger partial charge is 0.394 e. The molecule has 2 nitrogen and oxygen atoms in total. The molecule has 1 atom stereocenters. The summed E-state index contributed by atoms with van der Waals surface area (Å²) in [5.74, 6) is 0.836. The lowest BCUT2D eigenvalue weighted by Crippen LogP contribution is -2.49. The number of likely N-dealkylation sites (tertiary alicyclic amines) is 1. The molecule has 2 rings (SSSR count). The number of aliphatic hydroxyl groups excluding tert-OH is 1. The normalized spacial score (nSPS) is 19.9. The molecule has 1 heterocycles. The average Bonchev–Trinajstić information content (AvgIpc) is 2.24. The summed E-state index contributed by atoms with van der Waals surface area (Å²) in [5.41, 5.74) is 1.23. The lowest BCUT2D eigenvalue weighted by atomic mass is 9.93. The molecule has 1 aliphatic rings. The van der Waals surface area contributed by atoms with Crippen molar-refractivity contribution in [1.29, 1.82) is 0 Å². The lowest BCUT2D eigenvalue weighted by Gasteiger charge is -2.43. The first-order valence-corrected chi connectivity index (χ1v) is 5.75. The third-order valence-electron chi connectivity index (χ3n) is 3.36. The summed E-state index contributed by atoms with van der Waals surface area (Å²) in [5, 5.41) is 9.43. The fourth-order valence-electron chi connectivity index (χ4n) is 2.23. The van der Waals surface area contributed by atoms with Gasteiger partial charge in [-0.05, 0) is 11.5 Å². The molecule has 0 amide bonds. The molecule has 1 saturated heterocycles. The van der Waals surface area contributed by atoms with Crippen LogP contribution in [0.1, 0.15) is 24.9 Å². The van der Waals surface area contributed by atoms with Crippen LogP contribution in [0.5, 0.6) is 0 Å². The summed E-state index contributed by atoms with van der Waals surface area (Å²) in [6, 6.07) is 10.5. The summed E-state index contributed by atoms with van der Waals surface area (Å²) in [7, 11) is 0. The van der Waals surface area contributed by atoms with Crippen LogP contribution in [0.3, 0.4) is 0 Å². The Balaban J connectivity index is 2.00. The smallest absolute Gasteiger partial charge is 0.0628 e. The molecule has 1 aromatic carbocycles. The third-order valence-corrected chi connectivity index (χ3v) is 3.36. The van der Waals surface area contributed by atoms with Crippen LogP contribution in [0.15, 0.2) is 30.3 Å². The number of benzene rings is 1. The van der Waals surface area contributed by atoms with E-state index in [0.29, 0.717) is 0 Å². The van der Waals surface area contributed by atoms with Gasteiger partial charge in [0.25, 0.3) is 0 Å². The van der Waals surface area contributed by atoms with Gasteiger partial charge in [0.05, 0.1) is 12.6 Å². The molecular weight excluding hydrogens is 186 g/mol. The molecule has 0 unspecified atom stereocenters. The van der Waals surface area contributed by atoms with Crippen molar-refractivity contribution in [3.05, 3.63) is 35.9 Å². The Hall–Kier alpha value is -0.860. The van der Waals surface area contributed by atoms with Gasteiger partial charge < -0.3 is 5.11 Å². The number of nitrogens with zero attached hydrogens (tertiary/aromatic N) is 1. The number of aliphatic hydroxyl groups is 1. The quantitative estimate of drug-likeness (QED) is 0.813. The van der Waals surface area contributed by atoms with Gasteiger partial charge >= 0.3 is 0 Å². The van der Waals surface area contributed by atoms with Crippen LogP contribution in [0.4, 0.5) is 0 Å². The maximum atomic E-state index is 9.43. The van der Waals surface area contributed by atoms with Crippen LogP contribution in [-0.2, 0) is 0 Å². The zero-order valence-electron chi connectivity index (χ0n) is 9.26. The van der Waals surface area contributed by atoms with E-state index in [4.69, 9.17) is 0 Å². The van der Waals surface area contributed by atoms with Crippen molar-refractivity contribution in [1.82, 2.24) is 4.90 Å². The van der Waals surface area contributed by atoms with Crippen LogP contribution in [-0.4, -0.2) is 29.7 Å². The van der Waals surface area contributed by atoms with Crippen molar-refractivity contribution < 1.29 is 5.11 Å². The Morgan fingerprint density at radius 3 is 2.53 bits per heavy atom. The van der Waals surface area contributed by atoms with Crippen molar-refractivity contribution in [2.24, 2.45) is 5.92 Å². The van der Waals surface area contributed by atoms with E-state index in [0.717, 1.165) is 19.0 Å². The first kappa shape index (κ1) is 10.7. The Morgan fingerprint density at radius 2 is 2.00 bits per heavy atom. The van der Waals surface area contributed by atoms with Gasteiger partial charge in [-0.25, -0.2) is 0 Å². The van der Waals surface area contributed by atoms with Crippen molar-refractivity contribution in [3.8, 4) is 0 Å². The fourth-order valence-corrected chi connectivity index (χ4v) is 2.23. The van der Waals surface area contributed by atoms with E-state index < -0.39 is 0 Å². The molecule has 15 heavy (non-hydrogen) atoms. The minimum absolute atomic E-state index is 0.203. The van der Waals surface area contributed by atoms with E-state index in [-0.39, 0.29) is 12.6 Å². The number of hydrogen-bond donors (Lipinski definition) is 1. The van der Waals surface area contributed by atoms with E-state index in [2.05, 4.69) is 24.0 Å². The van der Waals surface area contributed by atoms with Crippen LogP contribution in [0.25, 0.3) is 0 Å². The molecule has 1 N–H and O–H groups in total. The molecule has 0 aromatic heterocycles. The average molecular weight is 205 g/mol. The van der Waals surface area contributed by atoms with Gasteiger partial charge in [0.15, 0.2) is 0 Å². The predicted molar refractivity (Wildman–Crippen MR) is 61.6 cm³/mol. The second kappa shape index (κ2) is 4.77. The molecule has 0 saturated carbocycles. The highest BCUT2D eigenvalue weighted by Gasteiger charge is 2.31. The zero-order valence-corrected chi connectivity index (χ0v) is 9.26. The molecule has 0 bridgehead atoms. The van der Waals surface area contributed by atoms with E-state index in [9.17, 15) is 5.11 Å². The molecule has 1 aliphatic heterocycles. The third kappa shape index (κ3) is 2.21. The highest BCUT2D eigenvalue weighted by Crippen LogP contribution is 2.29. The zero-order chi connectivity index (χ0) is 10.7. The monoisotopic (exact) mass is 205 g/mol. The Labute approximate surface area is 91.5 Å². The highest BCUT2D eigenvalue weighted by molar-refractivity contribution is 5.19. The standard InChI is InChI=1S/C13H19NO/c1-2-11-8-14(9-11)13(10-15)12-6-4-3-5-7-12/h3-7,11,13,15H,2,8-10H2,1H3/t13-/m1/s1. The second-order valence-electron chi connectivity index (χ2n) is 4.34. The minimum Gasteiger partial charge on any atom is -0.394 e. The summed E-state index contributed by atoms with van der Waals surface area (Å²) in [6.07, 6.45) is 1.25. The number of hydrogen-bond acceptors (Lipinski definition) is 2. The summed E-state index contributed by atoms with van der Waals surface area (Å²) >= 11 is 0. The molecule has 0 spiro atoms. The molecule has 1 aromatic rings. The van der Waals surface area contributed by atoms with Crippen LogP contribution in [0.2, 0.25) is 0 Å². The SMILES string of the molecule is CCC1CN([C@H](CO)c2ccccc2)C1. The maximum absolute atomic E-state index is 9.43. The minimum atomic E-state index is 0.203. The number of rotatable bonds is 4. The van der Waals surface area contributed by atoms with Gasteiger partial charge in [0.1, 0.15) is 0 Å². The van der Waals surface area contributed by atoms with E-state index in [1.54, 1.807) is 0 Å². The van der Waals surface area contributed by atoms with Crippen molar-refractivity contribution in [2.75, 3.05) is 19.7 Å². The predicted octanol–water partition coefficient (Wildman–Crippen LogP) is 2.06. The molecular formula is C13H19NO. The van der Waals surface area contributed by atoms with E-state index in [1.165, 1.54) is 12.0 Å². The van der Waals surface area contributed by atoms with Crippen molar-refractivity contribution >= 4 is 0 Å². The summed E-state index contributed by atoms with van der Waals surface area (Å²) in [6.45, 7) is 4.73. The summed E-state index contributed by atoms with van der Waals surface area (Å²) < 4.78 is 0. The molecule has 2 heteroatoms. The van der Waals surface area contributed by atoms with Crippen LogP contribution in [0, 0.1) is 5.92 Å². The first-order valence-electron chi connectivity index (χ1n) is 5.75. The van der Waals surface area contributed by atoms with Gasteiger partial charge in [-0.15, -0.1) is 0 Å². The summed E-state index contributed by atoms with van der Waals surface area (Å²) in [4.78, 5) is 2.36. The maximum Gasteiger partial charge on any atom is 0.0628 e.